The van der Waals surface area contributed by atoms with Crippen LogP contribution in [0, 0.1) is 13.8 Å². The second kappa shape index (κ2) is 8.34. The molecule has 1 aromatic heterocycles. The molecular weight excluding hydrogens is 330 g/mol. The molecule has 0 spiro atoms. The second-order valence-corrected chi connectivity index (χ2v) is 7.64. The average Bonchev–Trinajstić information content (AvgIpc) is 3.21. The lowest BCUT2D eigenvalue weighted by Gasteiger charge is -2.20. The number of nitrogens with zero attached hydrogens (tertiary/aromatic N) is 3. The van der Waals surface area contributed by atoms with E-state index >= 15 is 0 Å². The van der Waals surface area contributed by atoms with Gasteiger partial charge in [0.2, 0.25) is 0 Å². The van der Waals surface area contributed by atoms with Crippen LogP contribution in [0.3, 0.4) is 0 Å². The fourth-order valence-electron chi connectivity index (χ4n) is 3.02. The molecule has 6 heteroatoms. The van der Waals surface area contributed by atoms with Crippen LogP contribution in [0.5, 0.6) is 0 Å². The third-order valence-corrected chi connectivity index (χ3v) is 5.50. The molecule has 1 aliphatic rings. The number of benzene rings is 1. The topological polar surface area (TPSA) is 52.6 Å². The van der Waals surface area contributed by atoms with Crippen LogP contribution in [0.4, 0.5) is 5.69 Å². The van der Waals surface area contributed by atoms with Crippen molar-refractivity contribution in [3.63, 3.8) is 0 Å². The summed E-state index contributed by atoms with van der Waals surface area (Å²) < 4.78 is 0. The van der Waals surface area contributed by atoms with Crippen LogP contribution in [0.1, 0.15) is 28.9 Å². The van der Waals surface area contributed by atoms with Gasteiger partial charge in [0, 0.05) is 36.2 Å². The molecule has 1 saturated heterocycles. The molecule has 2 aromatic rings. The number of aromatic nitrogens is 1. The van der Waals surface area contributed by atoms with Crippen LogP contribution in [0.25, 0.3) is 0 Å². The van der Waals surface area contributed by atoms with Gasteiger partial charge >= 0.3 is 0 Å². The summed E-state index contributed by atoms with van der Waals surface area (Å²) in [4.78, 5) is 13.0. The van der Waals surface area contributed by atoms with E-state index in [2.05, 4.69) is 71.6 Å². The highest BCUT2D eigenvalue weighted by molar-refractivity contribution is 7.11. The normalized spacial score (nSPS) is 17.8. The van der Waals surface area contributed by atoms with E-state index in [-0.39, 0.29) is 0 Å². The van der Waals surface area contributed by atoms with Crippen LogP contribution in [0.15, 0.2) is 35.3 Å². The lowest BCUT2D eigenvalue weighted by molar-refractivity contribution is 0.649. The molecule has 3 rings (SSSR count). The Morgan fingerprint density at radius 3 is 2.80 bits per heavy atom. The van der Waals surface area contributed by atoms with Gasteiger partial charge in [0.1, 0.15) is 5.01 Å². The summed E-state index contributed by atoms with van der Waals surface area (Å²) in [7, 11) is 0. The number of hydrogen-bond donors (Lipinski definition) is 2. The van der Waals surface area contributed by atoms with Crippen molar-refractivity contribution < 1.29 is 0 Å². The van der Waals surface area contributed by atoms with E-state index in [0.717, 1.165) is 42.7 Å². The van der Waals surface area contributed by atoms with E-state index < -0.39 is 0 Å². The number of aryl methyl sites for hydroxylation is 2. The second-order valence-electron chi connectivity index (χ2n) is 6.36. The molecule has 1 aliphatic heterocycles. The Morgan fingerprint density at radius 2 is 2.12 bits per heavy atom. The van der Waals surface area contributed by atoms with Crippen LogP contribution in [-0.4, -0.2) is 36.6 Å². The van der Waals surface area contributed by atoms with Crippen LogP contribution >= 0.6 is 11.3 Å². The van der Waals surface area contributed by atoms with E-state index in [1.165, 1.54) is 10.6 Å². The number of rotatable bonds is 5. The summed E-state index contributed by atoms with van der Waals surface area (Å²) >= 11 is 1.73. The molecule has 0 amide bonds. The first-order chi connectivity index (χ1) is 12.2. The third kappa shape index (κ3) is 4.72. The fourth-order valence-corrected chi connectivity index (χ4v) is 3.88. The molecule has 1 aromatic carbocycles. The summed E-state index contributed by atoms with van der Waals surface area (Å²) in [5.74, 6) is 0.882. The van der Waals surface area contributed by atoms with Crippen molar-refractivity contribution >= 4 is 23.0 Å². The zero-order chi connectivity index (χ0) is 17.6. The number of para-hydroxylation sites is 1. The number of hydrogen-bond acceptors (Lipinski definition) is 4. The Kier molecular flexibility index (Phi) is 5.91. The fraction of sp³-hybridized carbons (Fsp3) is 0.474. The van der Waals surface area contributed by atoms with Gasteiger partial charge in [0.15, 0.2) is 5.96 Å². The van der Waals surface area contributed by atoms with E-state index in [4.69, 9.17) is 4.99 Å². The van der Waals surface area contributed by atoms with Crippen LogP contribution < -0.4 is 15.5 Å². The minimum absolute atomic E-state index is 0.415. The van der Waals surface area contributed by atoms with Crippen molar-refractivity contribution in [2.75, 3.05) is 24.5 Å². The van der Waals surface area contributed by atoms with Crippen molar-refractivity contribution in [3.8, 4) is 0 Å². The largest absolute Gasteiger partial charge is 0.369 e. The molecule has 1 fully saturated rings. The number of anilines is 1. The quantitative estimate of drug-likeness (QED) is 0.638. The molecule has 5 nitrogen and oxygen atoms in total. The van der Waals surface area contributed by atoms with E-state index in [0.29, 0.717) is 12.6 Å². The van der Waals surface area contributed by atoms with Gasteiger partial charge in [-0.25, -0.2) is 9.98 Å². The maximum atomic E-state index is 4.72. The highest BCUT2D eigenvalue weighted by Gasteiger charge is 2.23. The maximum Gasteiger partial charge on any atom is 0.191 e. The van der Waals surface area contributed by atoms with Gasteiger partial charge in [-0.3, -0.25) is 0 Å². The van der Waals surface area contributed by atoms with Crippen molar-refractivity contribution in [1.82, 2.24) is 15.6 Å². The zero-order valence-electron chi connectivity index (χ0n) is 15.2. The minimum Gasteiger partial charge on any atom is -0.369 e. The molecule has 0 aliphatic carbocycles. The predicted octanol–water partition coefficient (Wildman–Crippen LogP) is 3.09. The summed E-state index contributed by atoms with van der Waals surface area (Å²) in [6, 6.07) is 11.0. The van der Waals surface area contributed by atoms with E-state index in [1.807, 2.05) is 0 Å². The lowest BCUT2D eigenvalue weighted by atomic mass is 10.3. The molecule has 2 N–H and O–H groups in total. The molecule has 2 heterocycles. The Morgan fingerprint density at radius 1 is 1.32 bits per heavy atom. The number of guanidine groups is 1. The standard InChI is InChI=1S/C19H27N5S/c1-4-20-19(21-12-18-22-14(2)15(3)25-18)23-16-10-11-24(13-16)17-8-6-5-7-9-17/h5-9,16H,4,10-13H2,1-3H3,(H2,20,21,23). The van der Waals surface area contributed by atoms with Crippen molar-refractivity contribution in [2.24, 2.45) is 4.99 Å². The first-order valence-corrected chi connectivity index (χ1v) is 9.75. The number of thiazole rings is 1. The molecule has 1 unspecified atom stereocenters. The Hall–Kier alpha value is -2.08. The lowest BCUT2D eigenvalue weighted by Crippen LogP contribution is -2.44. The third-order valence-electron chi connectivity index (χ3n) is 4.44. The molecule has 134 valence electrons. The summed E-state index contributed by atoms with van der Waals surface area (Å²) in [6.45, 7) is 9.83. The van der Waals surface area contributed by atoms with Gasteiger partial charge in [0.05, 0.1) is 12.2 Å². The van der Waals surface area contributed by atoms with Crippen molar-refractivity contribution in [3.05, 3.63) is 45.9 Å². The van der Waals surface area contributed by atoms with Crippen molar-refractivity contribution in [2.45, 2.75) is 39.8 Å². The molecule has 0 radical (unpaired) electrons. The summed E-state index contributed by atoms with van der Waals surface area (Å²) in [5, 5.41) is 8.01. The van der Waals surface area contributed by atoms with Gasteiger partial charge in [-0.05, 0) is 39.3 Å². The maximum absolute atomic E-state index is 4.72. The molecule has 25 heavy (non-hydrogen) atoms. The van der Waals surface area contributed by atoms with Crippen molar-refractivity contribution in [1.29, 1.82) is 0 Å². The smallest absolute Gasteiger partial charge is 0.191 e. The predicted molar refractivity (Wildman–Crippen MR) is 107 cm³/mol. The summed E-state index contributed by atoms with van der Waals surface area (Å²) in [5.41, 5.74) is 2.41. The molecule has 0 saturated carbocycles. The van der Waals surface area contributed by atoms with Gasteiger partial charge < -0.3 is 15.5 Å². The SMILES string of the molecule is CCNC(=NCc1nc(C)c(C)s1)NC1CCN(c2ccccc2)C1. The van der Waals surface area contributed by atoms with Crippen LogP contribution in [0.2, 0.25) is 0 Å². The Balaban J connectivity index is 1.59. The first-order valence-electron chi connectivity index (χ1n) is 8.93. The van der Waals surface area contributed by atoms with Gasteiger partial charge in [-0.15, -0.1) is 11.3 Å². The van der Waals surface area contributed by atoms with E-state index in [1.54, 1.807) is 11.3 Å². The Labute approximate surface area is 154 Å². The zero-order valence-corrected chi connectivity index (χ0v) is 16.1. The Bertz CT molecular complexity index is 690. The molecular formula is C19H27N5S. The van der Waals surface area contributed by atoms with E-state index in [9.17, 15) is 0 Å². The molecule has 1 atom stereocenters. The summed E-state index contributed by atoms with van der Waals surface area (Å²) in [6.07, 6.45) is 1.12. The van der Waals surface area contributed by atoms with Gasteiger partial charge in [-0.2, -0.15) is 0 Å². The number of aliphatic imine (C=N–C) groups is 1. The van der Waals surface area contributed by atoms with Gasteiger partial charge in [-0.1, -0.05) is 18.2 Å². The van der Waals surface area contributed by atoms with Gasteiger partial charge in [0.25, 0.3) is 0 Å². The monoisotopic (exact) mass is 357 g/mol. The minimum atomic E-state index is 0.415. The number of nitrogens with one attached hydrogen (secondary N) is 2. The first kappa shape index (κ1) is 17.7. The highest BCUT2D eigenvalue weighted by atomic mass is 32.1. The molecule has 0 bridgehead atoms. The highest BCUT2D eigenvalue weighted by Crippen LogP contribution is 2.20. The average molecular weight is 358 g/mol. The van der Waals surface area contributed by atoms with Crippen LogP contribution in [-0.2, 0) is 6.54 Å².